The van der Waals surface area contributed by atoms with Crippen LogP contribution in [0.1, 0.15) is 24.9 Å². The summed E-state index contributed by atoms with van der Waals surface area (Å²) in [4.78, 5) is 6.70. The van der Waals surface area contributed by atoms with Crippen LogP contribution in [0.15, 0.2) is 22.9 Å². The Labute approximate surface area is 117 Å². The first kappa shape index (κ1) is 13.9. The van der Waals surface area contributed by atoms with Gasteiger partial charge in [0.2, 0.25) is 0 Å². The van der Waals surface area contributed by atoms with Crippen molar-refractivity contribution in [2.45, 2.75) is 25.5 Å². The van der Waals surface area contributed by atoms with E-state index in [0.29, 0.717) is 6.54 Å². The Morgan fingerprint density at radius 2 is 2.39 bits per heavy atom. The van der Waals surface area contributed by atoms with Crippen LogP contribution in [0.4, 0.5) is 0 Å². The summed E-state index contributed by atoms with van der Waals surface area (Å²) in [6.45, 7) is 5.53. The van der Waals surface area contributed by atoms with Crippen molar-refractivity contribution < 1.29 is 4.74 Å². The predicted octanol–water partition coefficient (Wildman–Crippen LogP) is 1.95. The average Bonchev–Trinajstić information content (AvgIpc) is 2.38. The maximum atomic E-state index is 5.84. The summed E-state index contributed by atoms with van der Waals surface area (Å²) in [6.07, 6.45) is 4.90. The highest BCUT2D eigenvalue weighted by atomic mass is 79.9. The largest absolute Gasteiger partial charge is 0.374 e. The van der Waals surface area contributed by atoms with E-state index in [4.69, 9.17) is 10.5 Å². The van der Waals surface area contributed by atoms with Gasteiger partial charge in [0, 0.05) is 30.0 Å². The van der Waals surface area contributed by atoms with Gasteiger partial charge in [0.1, 0.15) is 0 Å². The van der Waals surface area contributed by atoms with Crippen molar-refractivity contribution in [1.29, 1.82) is 0 Å². The van der Waals surface area contributed by atoms with E-state index in [1.165, 1.54) is 5.56 Å². The molecule has 0 radical (unpaired) electrons. The Morgan fingerprint density at radius 1 is 1.56 bits per heavy atom. The van der Waals surface area contributed by atoms with Gasteiger partial charge < -0.3 is 10.5 Å². The van der Waals surface area contributed by atoms with Crippen LogP contribution in [-0.2, 0) is 4.74 Å². The van der Waals surface area contributed by atoms with E-state index in [1.54, 1.807) is 6.20 Å². The first-order valence-corrected chi connectivity index (χ1v) is 7.21. The molecule has 0 aliphatic carbocycles. The van der Waals surface area contributed by atoms with Crippen LogP contribution in [0, 0.1) is 0 Å². The fraction of sp³-hybridized carbons (Fsp3) is 0.615. The second kappa shape index (κ2) is 6.61. The number of nitrogens with two attached hydrogens (primary N) is 1. The lowest BCUT2D eigenvalue weighted by molar-refractivity contribution is -0.0677. The molecule has 18 heavy (non-hydrogen) atoms. The highest BCUT2D eigenvalue weighted by Crippen LogP contribution is 2.30. The Kier molecular flexibility index (Phi) is 5.12. The Morgan fingerprint density at radius 3 is 3.06 bits per heavy atom. The highest BCUT2D eigenvalue weighted by molar-refractivity contribution is 9.10. The number of morpholine rings is 1. The molecule has 1 aliphatic heterocycles. The van der Waals surface area contributed by atoms with Crippen molar-refractivity contribution in [3.63, 3.8) is 0 Å². The van der Waals surface area contributed by atoms with Gasteiger partial charge in [0.25, 0.3) is 0 Å². The summed E-state index contributed by atoms with van der Waals surface area (Å²) in [5.41, 5.74) is 7.02. The molecule has 0 bridgehead atoms. The van der Waals surface area contributed by atoms with E-state index in [1.807, 2.05) is 6.20 Å². The van der Waals surface area contributed by atoms with Gasteiger partial charge >= 0.3 is 0 Å². The molecule has 0 amide bonds. The number of hydrogen-bond acceptors (Lipinski definition) is 4. The number of halogens is 1. The maximum Gasteiger partial charge on any atom is 0.0894 e. The van der Waals surface area contributed by atoms with E-state index in [9.17, 15) is 0 Å². The van der Waals surface area contributed by atoms with Gasteiger partial charge in [-0.1, -0.05) is 6.92 Å². The predicted molar refractivity (Wildman–Crippen MR) is 75.3 cm³/mol. The molecule has 5 heteroatoms. The summed E-state index contributed by atoms with van der Waals surface area (Å²) in [7, 11) is 0. The minimum Gasteiger partial charge on any atom is -0.374 e. The molecule has 1 aliphatic rings. The molecule has 2 heterocycles. The minimum absolute atomic E-state index is 0.0569. The van der Waals surface area contributed by atoms with Crippen LogP contribution in [0.2, 0.25) is 0 Å². The topological polar surface area (TPSA) is 51.4 Å². The minimum atomic E-state index is 0.0569. The van der Waals surface area contributed by atoms with Crippen molar-refractivity contribution in [1.82, 2.24) is 9.88 Å². The Hall–Kier alpha value is -0.490. The summed E-state index contributed by atoms with van der Waals surface area (Å²) in [6, 6.07) is 2.33. The molecule has 1 aromatic heterocycles. The van der Waals surface area contributed by atoms with Gasteiger partial charge in [-0.25, -0.2) is 0 Å². The Bertz CT molecular complexity index is 386. The molecule has 2 unspecified atom stereocenters. The van der Waals surface area contributed by atoms with Crippen molar-refractivity contribution in [2.75, 3.05) is 26.2 Å². The number of nitrogens with zero attached hydrogens (tertiary/aromatic N) is 2. The van der Waals surface area contributed by atoms with Crippen molar-refractivity contribution >= 4 is 15.9 Å². The molecule has 1 fully saturated rings. The fourth-order valence-electron chi connectivity index (χ4n) is 2.54. The SMILES string of the molecule is CCCN1CCOC(CN)C1c1cncc(Br)c1. The molecular formula is C13H20BrN3O. The number of aromatic nitrogens is 1. The molecule has 0 aromatic carbocycles. The first-order valence-electron chi connectivity index (χ1n) is 6.42. The highest BCUT2D eigenvalue weighted by Gasteiger charge is 2.32. The lowest BCUT2D eigenvalue weighted by atomic mass is 9.99. The normalized spacial score (nSPS) is 25.3. The van der Waals surface area contributed by atoms with Crippen molar-refractivity contribution in [3.05, 3.63) is 28.5 Å². The van der Waals surface area contributed by atoms with Crippen molar-refractivity contribution in [3.8, 4) is 0 Å². The van der Waals surface area contributed by atoms with E-state index < -0.39 is 0 Å². The summed E-state index contributed by atoms with van der Waals surface area (Å²) in [5.74, 6) is 0. The van der Waals surface area contributed by atoms with Crippen LogP contribution in [0.25, 0.3) is 0 Å². The van der Waals surface area contributed by atoms with E-state index in [0.717, 1.165) is 30.6 Å². The quantitative estimate of drug-likeness (QED) is 0.923. The van der Waals surface area contributed by atoms with E-state index in [2.05, 4.69) is 38.8 Å². The maximum absolute atomic E-state index is 5.84. The molecule has 2 atom stereocenters. The van der Waals surface area contributed by atoms with Gasteiger partial charge in [-0.05, 0) is 40.5 Å². The van der Waals surface area contributed by atoms with Crippen molar-refractivity contribution in [2.24, 2.45) is 5.73 Å². The molecule has 0 saturated carbocycles. The molecule has 2 N–H and O–H groups in total. The van der Waals surface area contributed by atoms with E-state index >= 15 is 0 Å². The van der Waals surface area contributed by atoms with Crippen LogP contribution in [-0.4, -0.2) is 42.2 Å². The van der Waals surface area contributed by atoms with E-state index in [-0.39, 0.29) is 12.1 Å². The lowest BCUT2D eigenvalue weighted by Crippen LogP contribution is -2.48. The number of pyridine rings is 1. The van der Waals surface area contributed by atoms with Gasteiger partial charge in [0.05, 0.1) is 18.8 Å². The standard InChI is InChI=1S/C13H20BrN3O/c1-2-3-17-4-5-18-12(7-15)13(17)10-6-11(14)9-16-8-10/h6,8-9,12-13H,2-5,7,15H2,1H3. The van der Waals surface area contributed by atoms with Crippen LogP contribution in [0.3, 0.4) is 0 Å². The molecule has 0 spiro atoms. The molecule has 4 nitrogen and oxygen atoms in total. The Balaban J connectivity index is 2.27. The second-order valence-corrected chi connectivity index (χ2v) is 5.48. The molecule has 100 valence electrons. The van der Waals surface area contributed by atoms with Crippen LogP contribution >= 0.6 is 15.9 Å². The summed E-state index contributed by atoms with van der Waals surface area (Å²) >= 11 is 3.48. The number of hydrogen-bond donors (Lipinski definition) is 1. The first-order chi connectivity index (χ1) is 8.76. The third kappa shape index (κ3) is 3.09. The van der Waals surface area contributed by atoms with Crippen LogP contribution < -0.4 is 5.73 Å². The molecule has 2 rings (SSSR count). The lowest BCUT2D eigenvalue weighted by Gasteiger charge is -2.41. The zero-order valence-electron chi connectivity index (χ0n) is 10.7. The summed E-state index contributed by atoms with van der Waals surface area (Å²) < 4.78 is 6.80. The number of rotatable bonds is 4. The van der Waals surface area contributed by atoms with Gasteiger partial charge in [0.15, 0.2) is 0 Å². The third-order valence-corrected chi connectivity index (χ3v) is 3.70. The molecule has 1 saturated heterocycles. The third-order valence-electron chi connectivity index (χ3n) is 3.27. The van der Waals surface area contributed by atoms with Gasteiger partial charge in [-0.2, -0.15) is 0 Å². The molecule has 1 aromatic rings. The fourth-order valence-corrected chi connectivity index (χ4v) is 2.92. The number of ether oxygens (including phenoxy) is 1. The smallest absolute Gasteiger partial charge is 0.0894 e. The zero-order valence-corrected chi connectivity index (χ0v) is 12.3. The average molecular weight is 314 g/mol. The zero-order chi connectivity index (χ0) is 13.0. The van der Waals surface area contributed by atoms with Gasteiger partial charge in [-0.3, -0.25) is 9.88 Å². The van der Waals surface area contributed by atoms with Gasteiger partial charge in [-0.15, -0.1) is 0 Å². The molecular weight excluding hydrogens is 294 g/mol. The summed E-state index contributed by atoms with van der Waals surface area (Å²) in [5, 5.41) is 0. The van der Waals surface area contributed by atoms with Crippen LogP contribution in [0.5, 0.6) is 0 Å². The monoisotopic (exact) mass is 313 g/mol. The second-order valence-electron chi connectivity index (χ2n) is 4.56.